The van der Waals surface area contributed by atoms with Gasteiger partial charge >= 0.3 is 0 Å². The van der Waals surface area contributed by atoms with E-state index in [0.717, 1.165) is 50.5 Å². The average Bonchev–Trinajstić information content (AvgIpc) is 3.32. The van der Waals surface area contributed by atoms with Crippen molar-refractivity contribution in [3.05, 3.63) is 59.7 Å². The Morgan fingerprint density at radius 3 is 2.47 bits per heavy atom. The largest absolute Gasteiger partial charge is 0.493 e. The molecule has 0 aromatic heterocycles. The van der Waals surface area contributed by atoms with Crippen LogP contribution in [-0.4, -0.2) is 57.1 Å². The Kier molecular flexibility index (Phi) is 8.43. The van der Waals surface area contributed by atoms with Crippen LogP contribution in [0.2, 0.25) is 0 Å². The molecule has 0 bridgehead atoms. The van der Waals surface area contributed by atoms with Crippen LogP contribution in [0, 0.1) is 0 Å². The van der Waals surface area contributed by atoms with Gasteiger partial charge in [0.1, 0.15) is 0 Å². The Hall–Kier alpha value is -2.08. The minimum absolute atomic E-state index is 0.316. The molecule has 2 aliphatic rings. The van der Waals surface area contributed by atoms with Gasteiger partial charge in [0.05, 0.1) is 39.6 Å². The van der Waals surface area contributed by atoms with Crippen LogP contribution in [0.4, 0.5) is 0 Å². The SMILES string of the molecule is COc1ccc(CCO[C@@H]2CCCCC2N2CC[C@H](OCc3ccccc3)C2)cc1OC. The van der Waals surface area contributed by atoms with Gasteiger partial charge in [0.2, 0.25) is 0 Å². The summed E-state index contributed by atoms with van der Waals surface area (Å²) in [7, 11) is 3.34. The van der Waals surface area contributed by atoms with Gasteiger partial charge in [0.15, 0.2) is 11.5 Å². The highest BCUT2D eigenvalue weighted by molar-refractivity contribution is 5.42. The molecule has 1 saturated carbocycles. The second-order valence-corrected chi connectivity index (χ2v) is 8.90. The number of rotatable bonds is 10. The summed E-state index contributed by atoms with van der Waals surface area (Å²) in [5, 5.41) is 0. The zero-order chi connectivity index (χ0) is 22.2. The molecule has 32 heavy (non-hydrogen) atoms. The lowest BCUT2D eigenvalue weighted by atomic mass is 9.91. The Bertz CT molecular complexity index is 828. The number of benzene rings is 2. The molecule has 174 valence electrons. The molecule has 2 aromatic carbocycles. The summed E-state index contributed by atoms with van der Waals surface area (Å²) in [5.41, 5.74) is 2.46. The van der Waals surface area contributed by atoms with Gasteiger partial charge in [0.25, 0.3) is 0 Å². The highest BCUT2D eigenvalue weighted by atomic mass is 16.5. The van der Waals surface area contributed by atoms with Crippen molar-refractivity contribution in [3.63, 3.8) is 0 Å². The first-order valence-electron chi connectivity index (χ1n) is 12.0. The zero-order valence-electron chi connectivity index (χ0n) is 19.5. The first-order valence-corrected chi connectivity index (χ1v) is 12.0. The normalized spacial score (nSPS) is 23.9. The van der Waals surface area contributed by atoms with Crippen LogP contribution in [0.25, 0.3) is 0 Å². The third-order valence-corrected chi connectivity index (χ3v) is 6.81. The van der Waals surface area contributed by atoms with E-state index in [1.165, 1.54) is 30.4 Å². The van der Waals surface area contributed by atoms with Gasteiger partial charge < -0.3 is 18.9 Å². The molecule has 0 amide bonds. The topological polar surface area (TPSA) is 40.2 Å². The molecule has 1 saturated heterocycles. The van der Waals surface area contributed by atoms with Crippen LogP contribution >= 0.6 is 0 Å². The molecule has 1 unspecified atom stereocenters. The molecule has 4 rings (SSSR count). The summed E-state index contributed by atoms with van der Waals surface area (Å²) in [4.78, 5) is 2.62. The van der Waals surface area contributed by atoms with Gasteiger partial charge in [-0.2, -0.15) is 0 Å². The third-order valence-electron chi connectivity index (χ3n) is 6.81. The lowest BCUT2D eigenvalue weighted by Crippen LogP contribution is -2.46. The number of hydrogen-bond acceptors (Lipinski definition) is 5. The van der Waals surface area contributed by atoms with E-state index in [1.54, 1.807) is 14.2 Å². The highest BCUT2D eigenvalue weighted by Gasteiger charge is 2.35. The predicted octanol–water partition coefficient (Wildman–Crippen LogP) is 4.87. The second kappa shape index (κ2) is 11.7. The van der Waals surface area contributed by atoms with Gasteiger partial charge in [0, 0.05) is 19.1 Å². The molecule has 1 aliphatic carbocycles. The van der Waals surface area contributed by atoms with Crippen LogP contribution in [0.1, 0.15) is 43.2 Å². The van der Waals surface area contributed by atoms with E-state index >= 15 is 0 Å². The molecule has 0 N–H and O–H groups in total. The van der Waals surface area contributed by atoms with Crippen LogP contribution in [0.15, 0.2) is 48.5 Å². The lowest BCUT2D eigenvalue weighted by Gasteiger charge is -2.37. The van der Waals surface area contributed by atoms with Crippen LogP contribution < -0.4 is 9.47 Å². The summed E-state index contributed by atoms with van der Waals surface area (Å²) >= 11 is 0. The maximum atomic E-state index is 6.45. The average molecular weight is 440 g/mol. The van der Waals surface area contributed by atoms with Crippen molar-refractivity contribution >= 4 is 0 Å². The third kappa shape index (κ3) is 6.03. The number of nitrogens with zero attached hydrogens (tertiary/aromatic N) is 1. The van der Waals surface area contributed by atoms with E-state index in [9.17, 15) is 0 Å². The summed E-state index contributed by atoms with van der Waals surface area (Å²) in [6, 6.07) is 17.1. The predicted molar refractivity (Wildman–Crippen MR) is 126 cm³/mol. The minimum Gasteiger partial charge on any atom is -0.493 e. The molecular weight excluding hydrogens is 402 g/mol. The van der Waals surface area contributed by atoms with E-state index < -0.39 is 0 Å². The summed E-state index contributed by atoms with van der Waals surface area (Å²) in [6.45, 7) is 3.57. The second-order valence-electron chi connectivity index (χ2n) is 8.90. The monoisotopic (exact) mass is 439 g/mol. The van der Waals surface area contributed by atoms with Crippen molar-refractivity contribution in [2.24, 2.45) is 0 Å². The number of ether oxygens (including phenoxy) is 4. The van der Waals surface area contributed by atoms with Gasteiger partial charge in [-0.1, -0.05) is 49.2 Å². The zero-order valence-corrected chi connectivity index (χ0v) is 19.5. The molecule has 5 heteroatoms. The summed E-state index contributed by atoms with van der Waals surface area (Å²) < 4.78 is 23.4. The van der Waals surface area contributed by atoms with Gasteiger partial charge in [-0.25, -0.2) is 0 Å². The van der Waals surface area contributed by atoms with Crippen molar-refractivity contribution in [1.82, 2.24) is 4.90 Å². The quantitative estimate of drug-likeness (QED) is 0.528. The smallest absolute Gasteiger partial charge is 0.160 e. The fraction of sp³-hybridized carbons (Fsp3) is 0.556. The van der Waals surface area contributed by atoms with Crippen LogP contribution in [0.5, 0.6) is 11.5 Å². The van der Waals surface area contributed by atoms with Crippen LogP contribution in [0.3, 0.4) is 0 Å². The Morgan fingerprint density at radius 2 is 1.66 bits per heavy atom. The van der Waals surface area contributed by atoms with E-state index in [0.29, 0.717) is 24.9 Å². The number of hydrogen-bond donors (Lipinski definition) is 0. The maximum absolute atomic E-state index is 6.45. The minimum atomic E-state index is 0.316. The van der Waals surface area contributed by atoms with E-state index in [2.05, 4.69) is 47.4 Å². The van der Waals surface area contributed by atoms with Crippen molar-refractivity contribution in [1.29, 1.82) is 0 Å². The lowest BCUT2D eigenvalue weighted by molar-refractivity contribution is -0.0352. The first-order chi connectivity index (χ1) is 15.8. The maximum Gasteiger partial charge on any atom is 0.160 e. The molecule has 0 spiro atoms. The molecule has 0 radical (unpaired) electrons. The number of likely N-dealkylation sites (tertiary alicyclic amines) is 1. The van der Waals surface area contributed by atoms with Gasteiger partial charge in [-0.15, -0.1) is 0 Å². The fourth-order valence-corrected chi connectivity index (χ4v) is 5.03. The Labute approximate surface area is 192 Å². The first kappa shape index (κ1) is 23.1. The molecule has 2 fully saturated rings. The van der Waals surface area contributed by atoms with Crippen molar-refractivity contribution in [2.45, 2.75) is 63.4 Å². The van der Waals surface area contributed by atoms with E-state index in [4.69, 9.17) is 18.9 Å². The fourth-order valence-electron chi connectivity index (χ4n) is 5.03. The van der Waals surface area contributed by atoms with Crippen molar-refractivity contribution < 1.29 is 18.9 Å². The molecule has 1 aliphatic heterocycles. The summed E-state index contributed by atoms with van der Waals surface area (Å²) in [6.07, 6.45) is 7.58. The Balaban J connectivity index is 1.26. The van der Waals surface area contributed by atoms with Gasteiger partial charge in [-0.3, -0.25) is 4.90 Å². The van der Waals surface area contributed by atoms with Gasteiger partial charge in [-0.05, 0) is 48.9 Å². The molecule has 2 aromatic rings. The number of methoxy groups -OCH3 is 2. The van der Waals surface area contributed by atoms with Crippen molar-refractivity contribution in [3.8, 4) is 11.5 Å². The molecule has 5 nitrogen and oxygen atoms in total. The molecular formula is C27H37NO4. The highest BCUT2D eigenvalue weighted by Crippen LogP contribution is 2.30. The standard InChI is InChI=1S/C27H37NO4/c1-29-26-13-12-21(18-27(26)30-2)15-17-31-25-11-7-6-10-24(25)28-16-14-23(19-28)32-20-22-8-4-3-5-9-22/h3-5,8-9,12-13,18,23-25H,6-7,10-11,14-17,19-20H2,1-2H3/t23-,24?,25+/m0/s1. The molecule has 3 atom stereocenters. The molecule has 1 heterocycles. The van der Waals surface area contributed by atoms with Crippen molar-refractivity contribution in [2.75, 3.05) is 33.9 Å². The van der Waals surface area contributed by atoms with E-state index in [-0.39, 0.29) is 0 Å². The van der Waals surface area contributed by atoms with Crippen LogP contribution in [-0.2, 0) is 22.5 Å². The van der Waals surface area contributed by atoms with E-state index in [1.807, 2.05) is 6.07 Å². The summed E-state index contributed by atoms with van der Waals surface area (Å²) in [5.74, 6) is 1.54. The Morgan fingerprint density at radius 1 is 0.844 bits per heavy atom.